The summed E-state index contributed by atoms with van der Waals surface area (Å²) in [5.74, 6) is 0.810. The van der Waals surface area contributed by atoms with E-state index in [1.807, 2.05) is 24.3 Å². The summed E-state index contributed by atoms with van der Waals surface area (Å²) in [6, 6.07) is 7.72. The topological polar surface area (TPSA) is 32.7 Å². The summed E-state index contributed by atoms with van der Waals surface area (Å²) >= 11 is 0. The average molecular weight is 249 g/mol. The molecule has 100 valence electrons. The fourth-order valence-electron chi connectivity index (χ4n) is 2.42. The van der Waals surface area contributed by atoms with E-state index in [0.717, 1.165) is 17.9 Å². The molecule has 0 radical (unpaired) electrons. The van der Waals surface area contributed by atoms with E-state index >= 15 is 0 Å². The monoisotopic (exact) mass is 249 g/mol. The number of hydrogen-bond donors (Lipinski definition) is 1. The lowest BCUT2D eigenvalue weighted by molar-refractivity contribution is 0.171. The maximum Gasteiger partial charge on any atom is 0.125 e. The number of aliphatic hydroxyl groups excluding tert-OH is 1. The van der Waals surface area contributed by atoms with Crippen LogP contribution in [0.3, 0.4) is 0 Å². The lowest BCUT2D eigenvalue weighted by Crippen LogP contribution is -2.33. The van der Waals surface area contributed by atoms with Gasteiger partial charge in [-0.05, 0) is 38.9 Å². The summed E-state index contributed by atoms with van der Waals surface area (Å²) in [6.07, 6.45) is 3.51. The second-order valence-corrected chi connectivity index (χ2v) is 4.96. The number of likely N-dealkylation sites (tertiary alicyclic amines) is 1. The summed E-state index contributed by atoms with van der Waals surface area (Å²) in [5, 5.41) is 9.66. The highest BCUT2D eigenvalue weighted by Crippen LogP contribution is 2.24. The van der Waals surface area contributed by atoms with Crippen molar-refractivity contribution < 1.29 is 9.84 Å². The normalized spacial score (nSPS) is 18.6. The van der Waals surface area contributed by atoms with Gasteiger partial charge in [-0.2, -0.15) is 0 Å². The Morgan fingerprint density at radius 2 is 1.94 bits per heavy atom. The molecular weight excluding hydrogens is 226 g/mol. The molecule has 1 saturated heterocycles. The van der Waals surface area contributed by atoms with Crippen LogP contribution in [0, 0.1) is 0 Å². The largest absolute Gasteiger partial charge is 0.492 e. The Hall–Kier alpha value is -1.06. The first kappa shape index (κ1) is 13.4. The third-order valence-corrected chi connectivity index (χ3v) is 3.48. The first-order valence-electron chi connectivity index (χ1n) is 6.89. The zero-order valence-electron chi connectivity index (χ0n) is 11.1. The van der Waals surface area contributed by atoms with E-state index < -0.39 is 6.10 Å². The van der Waals surface area contributed by atoms with Gasteiger partial charge in [0.25, 0.3) is 0 Å². The quantitative estimate of drug-likeness (QED) is 0.870. The van der Waals surface area contributed by atoms with Crippen LogP contribution in [-0.2, 0) is 0 Å². The van der Waals surface area contributed by atoms with E-state index in [1.54, 1.807) is 6.92 Å². The number of rotatable bonds is 5. The van der Waals surface area contributed by atoms with Crippen molar-refractivity contribution in [1.82, 2.24) is 4.90 Å². The molecular formula is C15H23NO2. The summed E-state index contributed by atoms with van der Waals surface area (Å²) < 4.78 is 5.80. The SMILES string of the molecule is C[C@H](O)c1ccccc1OCCN1CCCCC1. The zero-order chi connectivity index (χ0) is 12.8. The maximum atomic E-state index is 9.66. The van der Waals surface area contributed by atoms with Gasteiger partial charge in [-0.25, -0.2) is 0 Å². The van der Waals surface area contributed by atoms with E-state index in [0.29, 0.717) is 6.61 Å². The fourth-order valence-corrected chi connectivity index (χ4v) is 2.42. The number of piperidine rings is 1. The average Bonchev–Trinajstić information content (AvgIpc) is 2.40. The third kappa shape index (κ3) is 3.72. The summed E-state index contributed by atoms with van der Waals surface area (Å²) in [4.78, 5) is 2.45. The Morgan fingerprint density at radius 3 is 2.67 bits per heavy atom. The Bertz CT molecular complexity index is 359. The highest BCUT2D eigenvalue weighted by Gasteiger charge is 2.11. The molecule has 1 N–H and O–H groups in total. The number of ether oxygens (including phenoxy) is 1. The molecule has 3 heteroatoms. The minimum atomic E-state index is -0.476. The van der Waals surface area contributed by atoms with Crippen LogP contribution in [0.1, 0.15) is 37.9 Å². The molecule has 1 heterocycles. The maximum absolute atomic E-state index is 9.66. The molecule has 3 nitrogen and oxygen atoms in total. The van der Waals surface area contributed by atoms with Crippen molar-refractivity contribution in [2.75, 3.05) is 26.2 Å². The van der Waals surface area contributed by atoms with Crippen molar-refractivity contribution in [1.29, 1.82) is 0 Å². The second-order valence-electron chi connectivity index (χ2n) is 4.96. The van der Waals surface area contributed by atoms with E-state index in [4.69, 9.17) is 4.74 Å². The first-order valence-corrected chi connectivity index (χ1v) is 6.89. The van der Waals surface area contributed by atoms with Crippen molar-refractivity contribution in [2.45, 2.75) is 32.3 Å². The van der Waals surface area contributed by atoms with Crippen LogP contribution in [0.2, 0.25) is 0 Å². The Morgan fingerprint density at radius 1 is 1.22 bits per heavy atom. The van der Waals surface area contributed by atoms with Crippen molar-refractivity contribution in [2.24, 2.45) is 0 Å². The van der Waals surface area contributed by atoms with Gasteiger partial charge in [-0.1, -0.05) is 24.6 Å². The van der Waals surface area contributed by atoms with Gasteiger partial charge in [0.2, 0.25) is 0 Å². The summed E-state index contributed by atoms with van der Waals surface area (Å²) in [6.45, 7) is 5.84. The van der Waals surface area contributed by atoms with Crippen molar-refractivity contribution in [3.63, 3.8) is 0 Å². The number of aliphatic hydroxyl groups is 1. The molecule has 0 spiro atoms. The molecule has 1 atom stereocenters. The molecule has 0 aliphatic carbocycles. The highest BCUT2D eigenvalue weighted by molar-refractivity contribution is 5.34. The molecule has 0 aromatic heterocycles. The van der Waals surface area contributed by atoms with Gasteiger partial charge in [-0.15, -0.1) is 0 Å². The van der Waals surface area contributed by atoms with E-state index in [9.17, 15) is 5.11 Å². The van der Waals surface area contributed by atoms with Crippen LogP contribution in [0.15, 0.2) is 24.3 Å². The van der Waals surface area contributed by atoms with E-state index in [-0.39, 0.29) is 0 Å². The van der Waals surface area contributed by atoms with Crippen LogP contribution in [0.25, 0.3) is 0 Å². The first-order chi connectivity index (χ1) is 8.77. The number of benzene rings is 1. The number of nitrogens with zero attached hydrogens (tertiary/aromatic N) is 1. The molecule has 1 aliphatic heterocycles. The van der Waals surface area contributed by atoms with Gasteiger partial charge < -0.3 is 9.84 Å². The second kappa shape index (κ2) is 6.76. The van der Waals surface area contributed by atoms with Crippen molar-refractivity contribution >= 4 is 0 Å². The van der Waals surface area contributed by atoms with Gasteiger partial charge in [-0.3, -0.25) is 4.90 Å². The van der Waals surface area contributed by atoms with Crippen molar-refractivity contribution in [3.05, 3.63) is 29.8 Å². The highest BCUT2D eigenvalue weighted by atomic mass is 16.5. The molecule has 0 bridgehead atoms. The molecule has 0 saturated carbocycles. The Balaban J connectivity index is 1.82. The molecule has 1 aromatic rings. The molecule has 0 amide bonds. The molecule has 1 aliphatic rings. The van der Waals surface area contributed by atoms with Gasteiger partial charge in [0.05, 0.1) is 6.10 Å². The van der Waals surface area contributed by atoms with Crippen LogP contribution < -0.4 is 4.74 Å². The lowest BCUT2D eigenvalue weighted by Gasteiger charge is -2.26. The lowest BCUT2D eigenvalue weighted by atomic mass is 10.1. The van der Waals surface area contributed by atoms with Crippen LogP contribution >= 0.6 is 0 Å². The molecule has 1 fully saturated rings. The summed E-state index contributed by atoms with van der Waals surface area (Å²) in [7, 11) is 0. The van der Waals surface area contributed by atoms with Crippen LogP contribution in [0.5, 0.6) is 5.75 Å². The van der Waals surface area contributed by atoms with Gasteiger partial charge in [0.15, 0.2) is 0 Å². The fraction of sp³-hybridized carbons (Fsp3) is 0.600. The van der Waals surface area contributed by atoms with Crippen LogP contribution in [-0.4, -0.2) is 36.2 Å². The van der Waals surface area contributed by atoms with Gasteiger partial charge in [0.1, 0.15) is 12.4 Å². The van der Waals surface area contributed by atoms with E-state index in [2.05, 4.69) is 4.90 Å². The predicted molar refractivity (Wildman–Crippen MR) is 72.9 cm³/mol. The molecule has 2 rings (SSSR count). The van der Waals surface area contributed by atoms with E-state index in [1.165, 1.54) is 32.4 Å². The van der Waals surface area contributed by atoms with Gasteiger partial charge in [0, 0.05) is 12.1 Å². The standard InChI is InChI=1S/C15H23NO2/c1-13(17)14-7-3-4-8-15(14)18-12-11-16-9-5-2-6-10-16/h3-4,7-8,13,17H,2,5-6,9-12H2,1H3/t13-/m0/s1. The minimum Gasteiger partial charge on any atom is -0.492 e. The molecule has 18 heavy (non-hydrogen) atoms. The number of para-hydroxylation sites is 1. The Kier molecular flexibility index (Phi) is 5.02. The molecule has 0 unspecified atom stereocenters. The third-order valence-electron chi connectivity index (χ3n) is 3.48. The zero-order valence-corrected chi connectivity index (χ0v) is 11.1. The minimum absolute atomic E-state index is 0.476. The van der Waals surface area contributed by atoms with Gasteiger partial charge >= 0.3 is 0 Å². The van der Waals surface area contributed by atoms with Crippen LogP contribution in [0.4, 0.5) is 0 Å². The predicted octanol–water partition coefficient (Wildman–Crippen LogP) is 2.60. The number of hydrogen-bond acceptors (Lipinski definition) is 3. The Labute approximate surface area is 109 Å². The summed E-state index contributed by atoms with van der Waals surface area (Å²) in [5.41, 5.74) is 0.871. The molecule has 1 aromatic carbocycles. The van der Waals surface area contributed by atoms with Crippen molar-refractivity contribution in [3.8, 4) is 5.75 Å². The smallest absolute Gasteiger partial charge is 0.125 e.